The lowest BCUT2D eigenvalue weighted by atomic mass is 9.76. The maximum absolute atomic E-state index is 11.2. The lowest BCUT2D eigenvalue weighted by Crippen LogP contribution is -2.54. The minimum Gasteiger partial charge on any atom is -0.481 e. The molecule has 0 spiro atoms. The Balaban J connectivity index is 1.91. The first-order valence-corrected chi connectivity index (χ1v) is 5.73. The third kappa shape index (κ3) is 1.88. The van der Waals surface area contributed by atoms with Crippen molar-refractivity contribution in [2.45, 2.75) is 32.2 Å². The SMILES string of the molecule is CCC1(C(=O)O)CCN(C2COC2)CC1. The second-order valence-corrected chi connectivity index (χ2v) is 4.67. The third-order valence-electron chi connectivity index (χ3n) is 4.02. The Kier molecular flexibility index (Phi) is 2.98. The van der Waals surface area contributed by atoms with Crippen molar-refractivity contribution in [1.82, 2.24) is 4.90 Å². The zero-order valence-corrected chi connectivity index (χ0v) is 9.24. The van der Waals surface area contributed by atoms with Gasteiger partial charge in [-0.05, 0) is 32.4 Å². The molecule has 0 aromatic carbocycles. The number of likely N-dealkylation sites (tertiary alicyclic amines) is 1. The van der Waals surface area contributed by atoms with Crippen molar-refractivity contribution in [2.75, 3.05) is 26.3 Å². The molecule has 0 atom stereocenters. The van der Waals surface area contributed by atoms with Crippen LogP contribution in [0, 0.1) is 5.41 Å². The smallest absolute Gasteiger partial charge is 0.309 e. The molecular formula is C11H19NO3. The number of carboxylic acid groups (broad SMARTS) is 1. The largest absolute Gasteiger partial charge is 0.481 e. The molecule has 0 unspecified atom stereocenters. The average molecular weight is 213 g/mol. The van der Waals surface area contributed by atoms with E-state index >= 15 is 0 Å². The van der Waals surface area contributed by atoms with Gasteiger partial charge in [-0.25, -0.2) is 0 Å². The van der Waals surface area contributed by atoms with Gasteiger partial charge in [-0.2, -0.15) is 0 Å². The molecule has 4 nitrogen and oxygen atoms in total. The molecule has 0 aromatic rings. The van der Waals surface area contributed by atoms with Crippen LogP contribution in [0.25, 0.3) is 0 Å². The fourth-order valence-corrected chi connectivity index (χ4v) is 2.47. The molecule has 2 saturated heterocycles. The van der Waals surface area contributed by atoms with Crippen molar-refractivity contribution < 1.29 is 14.6 Å². The number of hydrogen-bond donors (Lipinski definition) is 1. The molecule has 2 rings (SSSR count). The summed E-state index contributed by atoms with van der Waals surface area (Å²) >= 11 is 0. The highest BCUT2D eigenvalue weighted by Crippen LogP contribution is 2.36. The number of rotatable bonds is 3. The minimum absolute atomic E-state index is 0.457. The van der Waals surface area contributed by atoms with Crippen LogP contribution in [0.3, 0.4) is 0 Å². The van der Waals surface area contributed by atoms with Crippen LogP contribution >= 0.6 is 0 Å². The van der Waals surface area contributed by atoms with Gasteiger partial charge < -0.3 is 9.84 Å². The van der Waals surface area contributed by atoms with Gasteiger partial charge in [0.1, 0.15) is 0 Å². The van der Waals surface area contributed by atoms with Crippen molar-refractivity contribution in [2.24, 2.45) is 5.41 Å². The zero-order valence-electron chi connectivity index (χ0n) is 9.24. The van der Waals surface area contributed by atoms with Crippen molar-refractivity contribution in [3.05, 3.63) is 0 Å². The summed E-state index contributed by atoms with van der Waals surface area (Å²) in [5, 5.41) is 9.24. The number of hydrogen-bond acceptors (Lipinski definition) is 3. The molecule has 86 valence electrons. The van der Waals surface area contributed by atoms with Crippen molar-refractivity contribution in [3.8, 4) is 0 Å². The molecule has 2 aliphatic rings. The van der Waals surface area contributed by atoms with Crippen LogP contribution in [0.2, 0.25) is 0 Å². The molecule has 0 aromatic heterocycles. The molecule has 1 N–H and O–H groups in total. The van der Waals surface area contributed by atoms with Crippen LogP contribution in [0.5, 0.6) is 0 Å². The summed E-state index contributed by atoms with van der Waals surface area (Å²) in [6.45, 7) is 5.46. The normalized spacial score (nSPS) is 27.3. The van der Waals surface area contributed by atoms with Gasteiger partial charge >= 0.3 is 5.97 Å². The van der Waals surface area contributed by atoms with Gasteiger partial charge in [-0.1, -0.05) is 6.92 Å². The van der Waals surface area contributed by atoms with E-state index in [4.69, 9.17) is 4.74 Å². The maximum Gasteiger partial charge on any atom is 0.309 e. The molecular weight excluding hydrogens is 194 g/mol. The lowest BCUT2D eigenvalue weighted by Gasteiger charge is -2.44. The highest BCUT2D eigenvalue weighted by Gasteiger charge is 2.41. The van der Waals surface area contributed by atoms with Crippen LogP contribution in [0.4, 0.5) is 0 Å². The summed E-state index contributed by atoms with van der Waals surface area (Å²) in [5.41, 5.74) is -0.457. The van der Waals surface area contributed by atoms with E-state index in [0.717, 1.165) is 45.6 Å². The highest BCUT2D eigenvalue weighted by atomic mass is 16.5. The summed E-state index contributed by atoms with van der Waals surface area (Å²) in [5.74, 6) is -0.616. The van der Waals surface area contributed by atoms with Gasteiger partial charge in [0.05, 0.1) is 24.7 Å². The zero-order chi connectivity index (χ0) is 10.9. The fraction of sp³-hybridized carbons (Fsp3) is 0.909. The van der Waals surface area contributed by atoms with Crippen molar-refractivity contribution >= 4 is 5.97 Å². The Morgan fingerprint density at radius 1 is 1.47 bits per heavy atom. The summed E-state index contributed by atoms with van der Waals surface area (Å²) in [6, 6.07) is 0.550. The third-order valence-corrected chi connectivity index (χ3v) is 4.02. The first-order valence-electron chi connectivity index (χ1n) is 5.73. The monoisotopic (exact) mass is 213 g/mol. The Morgan fingerprint density at radius 2 is 2.07 bits per heavy atom. The van der Waals surface area contributed by atoms with E-state index in [0.29, 0.717) is 6.04 Å². The van der Waals surface area contributed by atoms with Gasteiger partial charge in [-0.15, -0.1) is 0 Å². The van der Waals surface area contributed by atoms with E-state index in [1.807, 2.05) is 6.92 Å². The number of piperidine rings is 1. The second kappa shape index (κ2) is 4.10. The van der Waals surface area contributed by atoms with Crippen LogP contribution < -0.4 is 0 Å². The summed E-state index contributed by atoms with van der Waals surface area (Å²) < 4.78 is 5.16. The van der Waals surface area contributed by atoms with E-state index in [1.54, 1.807) is 0 Å². The molecule has 2 fully saturated rings. The Hall–Kier alpha value is -0.610. The van der Waals surface area contributed by atoms with Crippen LogP contribution in [-0.2, 0) is 9.53 Å². The standard InChI is InChI=1S/C11H19NO3/c1-2-11(10(13)14)3-5-12(6-4-11)9-7-15-8-9/h9H,2-8H2,1H3,(H,13,14). The Bertz CT molecular complexity index is 242. The van der Waals surface area contributed by atoms with Crippen molar-refractivity contribution in [3.63, 3.8) is 0 Å². The second-order valence-electron chi connectivity index (χ2n) is 4.67. The van der Waals surface area contributed by atoms with Gasteiger partial charge in [-0.3, -0.25) is 9.69 Å². The lowest BCUT2D eigenvalue weighted by molar-refractivity contribution is -0.154. The number of nitrogens with zero attached hydrogens (tertiary/aromatic N) is 1. The van der Waals surface area contributed by atoms with E-state index in [2.05, 4.69) is 4.90 Å². The van der Waals surface area contributed by atoms with E-state index in [-0.39, 0.29) is 0 Å². The molecule has 0 radical (unpaired) electrons. The number of ether oxygens (including phenoxy) is 1. The van der Waals surface area contributed by atoms with Crippen LogP contribution in [0.1, 0.15) is 26.2 Å². The van der Waals surface area contributed by atoms with Gasteiger partial charge in [0, 0.05) is 0 Å². The number of carboxylic acids is 1. The minimum atomic E-state index is -0.616. The molecule has 0 amide bonds. The predicted octanol–water partition coefficient (Wildman–Crippen LogP) is 0.962. The molecule has 0 bridgehead atoms. The van der Waals surface area contributed by atoms with E-state index in [9.17, 15) is 9.90 Å². The summed E-state index contributed by atoms with van der Waals surface area (Å²) in [4.78, 5) is 13.6. The molecule has 15 heavy (non-hydrogen) atoms. The summed E-state index contributed by atoms with van der Waals surface area (Å²) in [7, 11) is 0. The molecule has 2 heterocycles. The molecule has 0 aliphatic carbocycles. The van der Waals surface area contributed by atoms with Crippen LogP contribution in [0.15, 0.2) is 0 Å². The Labute approximate surface area is 90.2 Å². The predicted molar refractivity (Wildman–Crippen MR) is 55.8 cm³/mol. The van der Waals surface area contributed by atoms with E-state index in [1.165, 1.54) is 0 Å². The fourth-order valence-electron chi connectivity index (χ4n) is 2.47. The van der Waals surface area contributed by atoms with Gasteiger partial charge in [0.2, 0.25) is 0 Å². The quantitative estimate of drug-likeness (QED) is 0.758. The molecule has 0 saturated carbocycles. The average Bonchev–Trinajstić information content (AvgIpc) is 2.16. The first-order chi connectivity index (χ1) is 7.18. The number of aliphatic carboxylic acids is 1. The first kappa shape index (κ1) is 10.9. The highest BCUT2D eigenvalue weighted by molar-refractivity contribution is 5.74. The van der Waals surface area contributed by atoms with Gasteiger partial charge in [0.25, 0.3) is 0 Å². The summed E-state index contributed by atoms with van der Waals surface area (Å²) in [6.07, 6.45) is 2.32. The molecule has 2 aliphatic heterocycles. The number of carbonyl (C=O) groups is 1. The van der Waals surface area contributed by atoms with E-state index < -0.39 is 11.4 Å². The Morgan fingerprint density at radius 3 is 2.40 bits per heavy atom. The topological polar surface area (TPSA) is 49.8 Å². The van der Waals surface area contributed by atoms with Crippen LogP contribution in [-0.4, -0.2) is 48.3 Å². The van der Waals surface area contributed by atoms with Crippen molar-refractivity contribution in [1.29, 1.82) is 0 Å². The van der Waals surface area contributed by atoms with Gasteiger partial charge in [0.15, 0.2) is 0 Å². The molecule has 4 heteroatoms. The maximum atomic E-state index is 11.2.